The fourth-order valence-electron chi connectivity index (χ4n) is 3.78. The van der Waals surface area contributed by atoms with Crippen LogP contribution in [-0.4, -0.2) is 60.5 Å². The van der Waals surface area contributed by atoms with Gasteiger partial charge in [0, 0.05) is 25.2 Å². The molecule has 0 radical (unpaired) electrons. The van der Waals surface area contributed by atoms with E-state index < -0.39 is 0 Å². The summed E-state index contributed by atoms with van der Waals surface area (Å²) in [6.45, 7) is 4.90. The van der Waals surface area contributed by atoms with Crippen LogP contribution >= 0.6 is 0 Å². The highest BCUT2D eigenvalue weighted by molar-refractivity contribution is 5.78. The summed E-state index contributed by atoms with van der Waals surface area (Å²) in [5, 5.41) is 3.60. The van der Waals surface area contributed by atoms with Gasteiger partial charge in [0.2, 0.25) is 5.91 Å². The molecule has 3 aliphatic rings. The van der Waals surface area contributed by atoms with Crippen LogP contribution in [0.1, 0.15) is 38.5 Å². The number of likely N-dealkylation sites (tertiary alicyclic amines) is 2. The molecule has 2 unspecified atom stereocenters. The normalized spacial score (nSPS) is 33.4. The summed E-state index contributed by atoms with van der Waals surface area (Å²) in [5.74, 6) is 0.359. The SMILES string of the molecule is O=C(CN1CCCC1C1CCCN1)N1CCCC1. The molecule has 4 nitrogen and oxygen atoms in total. The highest BCUT2D eigenvalue weighted by atomic mass is 16.2. The standard InChI is InChI=1S/C14H25N3O/c18-14(16-8-1-2-9-16)11-17-10-4-6-13(17)12-5-3-7-15-12/h12-13,15H,1-11H2. The van der Waals surface area contributed by atoms with E-state index >= 15 is 0 Å². The number of rotatable bonds is 3. The van der Waals surface area contributed by atoms with Gasteiger partial charge in [-0.1, -0.05) is 0 Å². The van der Waals surface area contributed by atoms with Crippen molar-refractivity contribution in [3.05, 3.63) is 0 Å². The van der Waals surface area contributed by atoms with Crippen molar-refractivity contribution in [1.82, 2.24) is 15.1 Å². The van der Waals surface area contributed by atoms with Crippen molar-refractivity contribution in [2.75, 3.05) is 32.7 Å². The molecule has 3 rings (SSSR count). The van der Waals surface area contributed by atoms with Crippen molar-refractivity contribution in [3.63, 3.8) is 0 Å². The van der Waals surface area contributed by atoms with E-state index in [2.05, 4.69) is 15.1 Å². The summed E-state index contributed by atoms with van der Waals surface area (Å²) < 4.78 is 0. The molecule has 0 aromatic rings. The first kappa shape index (κ1) is 12.4. The van der Waals surface area contributed by atoms with E-state index in [1.807, 2.05) is 0 Å². The van der Waals surface area contributed by atoms with Crippen molar-refractivity contribution in [3.8, 4) is 0 Å². The lowest BCUT2D eigenvalue weighted by atomic mass is 10.0. The Bertz CT molecular complexity index is 295. The van der Waals surface area contributed by atoms with Gasteiger partial charge in [-0.25, -0.2) is 0 Å². The van der Waals surface area contributed by atoms with Crippen LogP contribution in [-0.2, 0) is 4.79 Å². The maximum Gasteiger partial charge on any atom is 0.236 e. The summed E-state index contributed by atoms with van der Waals surface area (Å²) >= 11 is 0. The van der Waals surface area contributed by atoms with E-state index in [1.54, 1.807) is 0 Å². The number of amides is 1. The van der Waals surface area contributed by atoms with Crippen LogP contribution in [0.2, 0.25) is 0 Å². The minimum Gasteiger partial charge on any atom is -0.342 e. The van der Waals surface area contributed by atoms with Gasteiger partial charge in [0.05, 0.1) is 6.54 Å². The summed E-state index contributed by atoms with van der Waals surface area (Å²) in [4.78, 5) is 16.7. The Morgan fingerprint density at radius 1 is 1.06 bits per heavy atom. The van der Waals surface area contributed by atoms with E-state index in [9.17, 15) is 4.79 Å². The van der Waals surface area contributed by atoms with Crippen LogP contribution in [0.3, 0.4) is 0 Å². The molecule has 0 aliphatic carbocycles. The molecule has 3 fully saturated rings. The Kier molecular flexibility index (Phi) is 3.85. The van der Waals surface area contributed by atoms with E-state index in [0.29, 0.717) is 24.5 Å². The van der Waals surface area contributed by atoms with Crippen molar-refractivity contribution >= 4 is 5.91 Å². The Balaban J connectivity index is 1.55. The molecule has 0 bridgehead atoms. The number of carbonyl (C=O) groups excluding carboxylic acids is 1. The van der Waals surface area contributed by atoms with Gasteiger partial charge in [0.1, 0.15) is 0 Å². The molecular weight excluding hydrogens is 226 g/mol. The molecule has 3 heterocycles. The first-order valence-electron chi connectivity index (χ1n) is 7.60. The second kappa shape index (κ2) is 5.57. The van der Waals surface area contributed by atoms with Crippen LogP contribution in [0.15, 0.2) is 0 Å². The fourth-order valence-corrected chi connectivity index (χ4v) is 3.78. The monoisotopic (exact) mass is 251 g/mol. The molecule has 18 heavy (non-hydrogen) atoms. The molecule has 0 aromatic heterocycles. The third kappa shape index (κ3) is 2.54. The van der Waals surface area contributed by atoms with Crippen molar-refractivity contribution < 1.29 is 4.79 Å². The number of nitrogens with zero attached hydrogens (tertiary/aromatic N) is 2. The second-order valence-corrected chi connectivity index (χ2v) is 5.97. The zero-order valence-electron chi connectivity index (χ0n) is 11.2. The molecule has 1 N–H and O–H groups in total. The summed E-state index contributed by atoms with van der Waals surface area (Å²) in [6.07, 6.45) is 7.51. The van der Waals surface area contributed by atoms with Crippen molar-refractivity contribution in [1.29, 1.82) is 0 Å². The molecule has 102 valence electrons. The molecule has 1 amide bonds. The van der Waals surface area contributed by atoms with Gasteiger partial charge in [-0.05, 0) is 51.6 Å². The minimum absolute atomic E-state index is 0.359. The first-order chi connectivity index (χ1) is 8.84. The summed E-state index contributed by atoms with van der Waals surface area (Å²) in [6, 6.07) is 1.25. The van der Waals surface area contributed by atoms with Gasteiger partial charge in [0.25, 0.3) is 0 Å². The Morgan fingerprint density at radius 3 is 2.61 bits per heavy atom. The lowest BCUT2D eigenvalue weighted by molar-refractivity contribution is -0.131. The predicted octanol–water partition coefficient (Wildman–Crippen LogP) is 0.825. The largest absolute Gasteiger partial charge is 0.342 e. The van der Waals surface area contributed by atoms with E-state index in [0.717, 1.165) is 26.2 Å². The highest BCUT2D eigenvalue weighted by Gasteiger charge is 2.34. The number of hydrogen-bond donors (Lipinski definition) is 1. The van der Waals surface area contributed by atoms with E-state index in [1.165, 1.54) is 38.5 Å². The smallest absolute Gasteiger partial charge is 0.236 e. The molecule has 4 heteroatoms. The Labute approximate surface area is 110 Å². The first-order valence-corrected chi connectivity index (χ1v) is 7.60. The lowest BCUT2D eigenvalue weighted by Crippen LogP contribution is -2.48. The van der Waals surface area contributed by atoms with Gasteiger partial charge in [-0.15, -0.1) is 0 Å². The van der Waals surface area contributed by atoms with Gasteiger partial charge >= 0.3 is 0 Å². The van der Waals surface area contributed by atoms with Crippen LogP contribution in [0.5, 0.6) is 0 Å². The zero-order valence-corrected chi connectivity index (χ0v) is 11.2. The second-order valence-electron chi connectivity index (χ2n) is 5.97. The average Bonchev–Trinajstić information content (AvgIpc) is 3.11. The molecular formula is C14H25N3O. The number of carbonyl (C=O) groups is 1. The van der Waals surface area contributed by atoms with Gasteiger partial charge < -0.3 is 10.2 Å². The molecule has 0 saturated carbocycles. The van der Waals surface area contributed by atoms with E-state index in [-0.39, 0.29) is 0 Å². The predicted molar refractivity (Wildman–Crippen MR) is 71.4 cm³/mol. The van der Waals surface area contributed by atoms with Crippen molar-refractivity contribution in [2.45, 2.75) is 50.6 Å². The average molecular weight is 251 g/mol. The Morgan fingerprint density at radius 2 is 1.89 bits per heavy atom. The highest BCUT2D eigenvalue weighted by Crippen LogP contribution is 2.24. The van der Waals surface area contributed by atoms with Crippen LogP contribution in [0.25, 0.3) is 0 Å². The molecule has 2 atom stereocenters. The maximum atomic E-state index is 12.2. The van der Waals surface area contributed by atoms with Crippen LogP contribution < -0.4 is 5.32 Å². The lowest BCUT2D eigenvalue weighted by Gasteiger charge is -2.30. The summed E-state index contributed by atoms with van der Waals surface area (Å²) in [5.41, 5.74) is 0. The van der Waals surface area contributed by atoms with Crippen LogP contribution in [0, 0.1) is 0 Å². The van der Waals surface area contributed by atoms with Gasteiger partial charge in [-0.2, -0.15) is 0 Å². The van der Waals surface area contributed by atoms with Crippen LogP contribution in [0.4, 0.5) is 0 Å². The summed E-state index contributed by atoms with van der Waals surface area (Å²) in [7, 11) is 0. The molecule has 3 aliphatic heterocycles. The zero-order chi connectivity index (χ0) is 12.4. The minimum atomic E-state index is 0.359. The third-order valence-corrected chi connectivity index (χ3v) is 4.77. The Hall–Kier alpha value is -0.610. The molecule has 0 spiro atoms. The van der Waals surface area contributed by atoms with Gasteiger partial charge in [-0.3, -0.25) is 9.69 Å². The molecule has 3 saturated heterocycles. The maximum absolute atomic E-state index is 12.2. The fraction of sp³-hybridized carbons (Fsp3) is 0.929. The number of hydrogen-bond acceptors (Lipinski definition) is 3. The molecule has 0 aromatic carbocycles. The number of nitrogens with one attached hydrogen (secondary N) is 1. The van der Waals surface area contributed by atoms with E-state index in [4.69, 9.17) is 0 Å². The quantitative estimate of drug-likeness (QED) is 0.807. The van der Waals surface area contributed by atoms with Crippen molar-refractivity contribution in [2.24, 2.45) is 0 Å². The third-order valence-electron chi connectivity index (χ3n) is 4.77. The topological polar surface area (TPSA) is 35.6 Å². The van der Waals surface area contributed by atoms with Gasteiger partial charge in [0.15, 0.2) is 0 Å².